The molecule has 2 saturated heterocycles. The Kier molecular flexibility index (Phi) is 7.16. The molecule has 2 aromatic rings. The molecule has 204 valence electrons. The molecule has 0 radical (unpaired) electrons. The van der Waals surface area contributed by atoms with Crippen LogP contribution in [0.25, 0.3) is 5.65 Å². The van der Waals surface area contributed by atoms with E-state index in [-0.39, 0.29) is 30.0 Å². The number of amides is 2. The summed E-state index contributed by atoms with van der Waals surface area (Å²) in [6.45, 7) is 17.7. The second-order valence-electron chi connectivity index (χ2n) is 12.8. The van der Waals surface area contributed by atoms with Crippen molar-refractivity contribution >= 4 is 23.8 Å². The summed E-state index contributed by atoms with van der Waals surface area (Å²) in [4.78, 5) is 39.3. The van der Waals surface area contributed by atoms with Gasteiger partial charge in [0.05, 0.1) is 6.20 Å². The molecule has 0 spiro atoms. The van der Waals surface area contributed by atoms with Crippen LogP contribution in [0.2, 0.25) is 0 Å². The fraction of sp³-hybridized carbons (Fsp3) is 0.741. The first-order valence-corrected chi connectivity index (χ1v) is 13.4. The Morgan fingerprint density at radius 2 is 1.62 bits per heavy atom. The molecule has 0 N–H and O–H groups in total. The molecule has 2 bridgehead atoms. The Bertz CT molecular complexity index is 1150. The van der Waals surface area contributed by atoms with Gasteiger partial charge in [-0.25, -0.2) is 19.5 Å². The van der Waals surface area contributed by atoms with E-state index >= 15 is 0 Å². The SMILES string of the molecule is Cc1nc(N(CC2C[C@H]3CC[C@@H](C2)N3C(=O)OC(C)(C)C)C(=O)OC(C)(C)C)n2ncc(C(C)C)c2n1. The van der Waals surface area contributed by atoms with Crippen molar-refractivity contribution in [2.75, 3.05) is 11.4 Å². The van der Waals surface area contributed by atoms with Crippen molar-refractivity contribution in [2.45, 2.75) is 117 Å². The van der Waals surface area contributed by atoms with Crippen LogP contribution >= 0.6 is 0 Å². The van der Waals surface area contributed by atoms with E-state index in [4.69, 9.17) is 9.47 Å². The summed E-state index contributed by atoms with van der Waals surface area (Å²) in [5.41, 5.74) is 0.504. The number of rotatable bonds is 4. The maximum absolute atomic E-state index is 13.6. The van der Waals surface area contributed by atoms with Gasteiger partial charge < -0.3 is 14.4 Å². The van der Waals surface area contributed by atoms with E-state index < -0.39 is 17.3 Å². The lowest BCUT2D eigenvalue weighted by Gasteiger charge is -2.40. The zero-order valence-corrected chi connectivity index (χ0v) is 23.7. The number of fused-ring (bicyclic) bond motifs is 3. The van der Waals surface area contributed by atoms with E-state index in [1.807, 2.05) is 53.4 Å². The largest absolute Gasteiger partial charge is 0.444 e. The Morgan fingerprint density at radius 1 is 1.03 bits per heavy atom. The number of carbonyl (C=O) groups excluding carboxylic acids is 2. The zero-order valence-electron chi connectivity index (χ0n) is 23.7. The summed E-state index contributed by atoms with van der Waals surface area (Å²) >= 11 is 0. The summed E-state index contributed by atoms with van der Waals surface area (Å²) in [7, 11) is 0. The van der Waals surface area contributed by atoms with Gasteiger partial charge >= 0.3 is 12.2 Å². The average Bonchev–Trinajstić information content (AvgIpc) is 3.27. The van der Waals surface area contributed by atoms with Crippen molar-refractivity contribution in [1.82, 2.24) is 24.5 Å². The van der Waals surface area contributed by atoms with Gasteiger partial charge in [0.25, 0.3) is 0 Å². The van der Waals surface area contributed by atoms with Gasteiger partial charge in [0.2, 0.25) is 5.95 Å². The Balaban J connectivity index is 1.64. The quantitative estimate of drug-likeness (QED) is 0.533. The molecule has 37 heavy (non-hydrogen) atoms. The van der Waals surface area contributed by atoms with Crippen LogP contribution in [-0.4, -0.2) is 66.5 Å². The highest BCUT2D eigenvalue weighted by molar-refractivity contribution is 5.86. The van der Waals surface area contributed by atoms with E-state index in [1.54, 1.807) is 15.6 Å². The highest BCUT2D eigenvalue weighted by Gasteiger charge is 2.46. The summed E-state index contributed by atoms with van der Waals surface area (Å²) < 4.78 is 13.2. The fourth-order valence-electron chi connectivity index (χ4n) is 5.43. The second-order valence-corrected chi connectivity index (χ2v) is 12.8. The van der Waals surface area contributed by atoms with Gasteiger partial charge in [0, 0.05) is 24.2 Å². The van der Waals surface area contributed by atoms with Gasteiger partial charge in [-0.3, -0.25) is 0 Å². The number of hydrogen-bond donors (Lipinski definition) is 0. The number of ether oxygens (including phenoxy) is 2. The number of hydrogen-bond acceptors (Lipinski definition) is 7. The minimum absolute atomic E-state index is 0.100. The predicted molar refractivity (Wildman–Crippen MR) is 141 cm³/mol. The molecular formula is C27H42N6O4. The Labute approximate surface area is 219 Å². The first-order chi connectivity index (χ1) is 17.1. The van der Waals surface area contributed by atoms with Crippen LogP contribution in [-0.2, 0) is 9.47 Å². The maximum atomic E-state index is 13.6. The third-order valence-corrected chi connectivity index (χ3v) is 6.84. The van der Waals surface area contributed by atoms with Gasteiger partial charge in [-0.2, -0.15) is 14.6 Å². The lowest BCUT2D eigenvalue weighted by Crippen LogP contribution is -2.51. The smallest absolute Gasteiger partial charge is 0.417 e. The Hall–Kier alpha value is -2.91. The maximum Gasteiger partial charge on any atom is 0.417 e. The van der Waals surface area contributed by atoms with Crippen molar-refractivity contribution in [3.05, 3.63) is 17.6 Å². The normalized spacial score (nSPS) is 22.0. The molecule has 4 rings (SSSR count). The molecule has 2 aromatic heterocycles. The second kappa shape index (κ2) is 9.76. The van der Waals surface area contributed by atoms with Crippen LogP contribution in [0.5, 0.6) is 0 Å². The fourth-order valence-corrected chi connectivity index (χ4v) is 5.43. The van der Waals surface area contributed by atoms with Crippen molar-refractivity contribution in [1.29, 1.82) is 0 Å². The molecular weight excluding hydrogens is 472 g/mol. The molecule has 2 aliphatic heterocycles. The minimum atomic E-state index is -0.664. The zero-order chi connectivity index (χ0) is 27.3. The average molecular weight is 515 g/mol. The van der Waals surface area contributed by atoms with Crippen LogP contribution in [0.4, 0.5) is 15.5 Å². The first kappa shape index (κ1) is 27.1. The van der Waals surface area contributed by atoms with Crippen LogP contribution < -0.4 is 4.90 Å². The van der Waals surface area contributed by atoms with Gasteiger partial charge in [-0.1, -0.05) is 13.8 Å². The molecule has 0 saturated carbocycles. The van der Waals surface area contributed by atoms with E-state index in [1.165, 1.54) is 0 Å². The molecule has 2 amide bonds. The topological polar surface area (TPSA) is 102 Å². The van der Waals surface area contributed by atoms with Crippen LogP contribution in [0.1, 0.15) is 98.4 Å². The number of anilines is 1. The first-order valence-electron chi connectivity index (χ1n) is 13.4. The minimum Gasteiger partial charge on any atom is -0.444 e. The third kappa shape index (κ3) is 5.99. The van der Waals surface area contributed by atoms with Gasteiger partial charge in [0.1, 0.15) is 17.0 Å². The van der Waals surface area contributed by atoms with E-state index in [0.717, 1.165) is 31.2 Å². The number of carbonyl (C=O) groups is 2. The molecule has 0 aliphatic carbocycles. The van der Waals surface area contributed by atoms with Crippen LogP contribution in [0.15, 0.2) is 6.20 Å². The molecule has 3 atom stereocenters. The summed E-state index contributed by atoms with van der Waals surface area (Å²) in [5.74, 6) is 1.38. The van der Waals surface area contributed by atoms with Gasteiger partial charge in [-0.15, -0.1) is 0 Å². The highest BCUT2D eigenvalue weighted by atomic mass is 16.6. The number of piperidine rings is 1. The highest BCUT2D eigenvalue weighted by Crippen LogP contribution is 2.40. The molecule has 2 fully saturated rings. The molecule has 4 heterocycles. The van der Waals surface area contributed by atoms with E-state index in [2.05, 4.69) is 28.9 Å². The number of aromatic nitrogens is 4. The number of aryl methyl sites for hydroxylation is 1. The lowest BCUT2D eigenvalue weighted by molar-refractivity contribution is 0.00206. The summed E-state index contributed by atoms with van der Waals surface area (Å²) in [5, 5.41) is 4.56. The van der Waals surface area contributed by atoms with Crippen LogP contribution in [0.3, 0.4) is 0 Å². The van der Waals surface area contributed by atoms with E-state index in [9.17, 15) is 9.59 Å². The molecule has 2 aliphatic rings. The van der Waals surface area contributed by atoms with Crippen molar-refractivity contribution in [2.24, 2.45) is 5.92 Å². The molecule has 10 heteroatoms. The van der Waals surface area contributed by atoms with Crippen LogP contribution in [0, 0.1) is 12.8 Å². The Morgan fingerprint density at radius 3 is 2.16 bits per heavy atom. The summed E-state index contributed by atoms with van der Waals surface area (Å²) in [6.07, 6.45) is 4.56. The molecule has 0 aromatic carbocycles. The third-order valence-electron chi connectivity index (χ3n) is 6.84. The van der Waals surface area contributed by atoms with E-state index in [0.29, 0.717) is 24.0 Å². The van der Waals surface area contributed by atoms with Gasteiger partial charge in [-0.05, 0) is 86.0 Å². The monoisotopic (exact) mass is 514 g/mol. The van der Waals surface area contributed by atoms with Crippen molar-refractivity contribution in [3.8, 4) is 0 Å². The standard InChI is InChI=1S/C27H42N6O4/c1-16(2)21-14-28-33-22(21)29-17(3)30-23(33)31(24(34)36-26(4,5)6)15-18-12-19-10-11-20(13-18)32(19)25(35)37-27(7,8)9/h14,16,18-20H,10-13,15H2,1-9H3/t18?,19-,20+. The molecule has 1 unspecified atom stereocenters. The predicted octanol–water partition coefficient (Wildman–Crippen LogP) is 5.48. The summed E-state index contributed by atoms with van der Waals surface area (Å²) in [6, 6.07) is 0.201. The van der Waals surface area contributed by atoms with Crippen molar-refractivity contribution in [3.63, 3.8) is 0 Å². The van der Waals surface area contributed by atoms with Crippen molar-refractivity contribution < 1.29 is 19.1 Å². The number of nitrogens with zero attached hydrogens (tertiary/aromatic N) is 6. The van der Waals surface area contributed by atoms with Gasteiger partial charge in [0.15, 0.2) is 5.65 Å². The lowest BCUT2D eigenvalue weighted by atomic mass is 9.90. The molecule has 10 nitrogen and oxygen atoms in total.